The molecule has 0 radical (unpaired) electrons. The molecule has 2 aromatic carbocycles. The van der Waals surface area contributed by atoms with E-state index in [9.17, 15) is 23.3 Å². The topological polar surface area (TPSA) is 128 Å². The molecule has 1 saturated heterocycles. The van der Waals surface area contributed by atoms with Gasteiger partial charge in [0.1, 0.15) is 5.56 Å². The van der Waals surface area contributed by atoms with Crippen LogP contribution >= 0.6 is 0 Å². The number of carbonyl (C=O) groups is 1. The Balaban J connectivity index is 1.92. The predicted octanol–water partition coefficient (Wildman–Crippen LogP) is 2.65. The Labute approximate surface area is 173 Å². The van der Waals surface area contributed by atoms with E-state index >= 15 is 0 Å². The van der Waals surface area contributed by atoms with Gasteiger partial charge in [-0.25, -0.2) is 8.42 Å². The van der Waals surface area contributed by atoms with Crippen LogP contribution in [0.1, 0.15) is 23.2 Å². The zero-order valence-corrected chi connectivity index (χ0v) is 17.3. The zero-order valence-electron chi connectivity index (χ0n) is 16.5. The number of rotatable bonds is 7. The third-order valence-corrected chi connectivity index (χ3v) is 6.63. The van der Waals surface area contributed by atoms with E-state index in [0.717, 1.165) is 18.9 Å². The normalized spacial score (nSPS) is 14.3. The molecule has 0 atom stereocenters. The number of benzene rings is 2. The highest BCUT2D eigenvalue weighted by Gasteiger charge is 2.28. The molecule has 3 rings (SSSR count). The van der Waals surface area contributed by atoms with Gasteiger partial charge in [0, 0.05) is 24.8 Å². The minimum Gasteiger partial charge on any atom is -0.493 e. The molecule has 2 aromatic rings. The molecular weight excluding hydrogens is 414 g/mol. The first-order valence-electron chi connectivity index (χ1n) is 9.10. The lowest BCUT2D eigenvalue weighted by molar-refractivity contribution is -0.385. The molecule has 0 unspecified atom stereocenters. The summed E-state index contributed by atoms with van der Waals surface area (Å²) in [5.74, 6) is -0.517. The predicted molar refractivity (Wildman–Crippen MR) is 109 cm³/mol. The van der Waals surface area contributed by atoms with E-state index in [2.05, 4.69) is 5.32 Å². The molecular formula is C19H21N3O7S. The molecule has 1 fully saturated rings. The number of amides is 1. The van der Waals surface area contributed by atoms with Crippen LogP contribution in [0, 0.1) is 10.1 Å². The highest BCUT2D eigenvalue weighted by molar-refractivity contribution is 7.89. The minimum absolute atomic E-state index is 0.0454. The van der Waals surface area contributed by atoms with Gasteiger partial charge in [0.25, 0.3) is 11.6 Å². The van der Waals surface area contributed by atoms with E-state index in [0.29, 0.717) is 13.1 Å². The van der Waals surface area contributed by atoms with Crippen molar-refractivity contribution in [3.8, 4) is 11.5 Å². The summed E-state index contributed by atoms with van der Waals surface area (Å²) in [5, 5.41) is 13.9. The molecule has 10 nitrogen and oxygen atoms in total. The second-order valence-electron chi connectivity index (χ2n) is 6.57. The van der Waals surface area contributed by atoms with Crippen molar-refractivity contribution in [2.45, 2.75) is 17.7 Å². The van der Waals surface area contributed by atoms with Gasteiger partial charge >= 0.3 is 0 Å². The van der Waals surface area contributed by atoms with Crippen LogP contribution in [-0.4, -0.2) is 50.9 Å². The van der Waals surface area contributed by atoms with E-state index in [-0.39, 0.29) is 27.6 Å². The number of nitrogens with zero attached hydrogens (tertiary/aromatic N) is 2. The zero-order chi connectivity index (χ0) is 21.9. The molecule has 11 heteroatoms. The summed E-state index contributed by atoms with van der Waals surface area (Å²) >= 11 is 0. The summed E-state index contributed by atoms with van der Waals surface area (Å²) in [7, 11) is -0.993. The van der Waals surface area contributed by atoms with Crippen LogP contribution in [0.4, 0.5) is 11.4 Å². The van der Waals surface area contributed by atoms with Gasteiger partial charge in [0.15, 0.2) is 11.5 Å². The number of hydrogen-bond donors (Lipinski definition) is 1. The van der Waals surface area contributed by atoms with Crippen LogP contribution in [-0.2, 0) is 10.0 Å². The fourth-order valence-electron chi connectivity index (χ4n) is 3.21. The van der Waals surface area contributed by atoms with Gasteiger partial charge in [-0.05, 0) is 31.0 Å². The molecule has 1 aliphatic rings. The summed E-state index contributed by atoms with van der Waals surface area (Å²) in [4.78, 5) is 23.5. The first-order chi connectivity index (χ1) is 14.3. The number of nitro benzene ring substituents is 1. The number of carbonyl (C=O) groups excluding carboxylic acids is 1. The lowest BCUT2D eigenvalue weighted by atomic mass is 10.1. The van der Waals surface area contributed by atoms with Gasteiger partial charge in [-0.15, -0.1) is 0 Å². The SMILES string of the molecule is COc1cc(C(=O)Nc2cccc(S(=O)(=O)N3CCCC3)c2)c([N+](=O)[O-])cc1OC. The molecule has 160 valence electrons. The quantitative estimate of drug-likeness (QED) is 0.523. The second kappa shape index (κ2) is 8.67. The van der Waals surface area contributed by atoms with Gasteiger partial charge in [0.05, 0.1) is 30.1 Å². The number of sulfonamides is 1. The van der Waals surface area contributed by atoms with E-state index < -0.39 is 26.5 Å². The molecule has 1 amide bonds. The van der Waals surface area contributed by atoms with Crippen molar-refractivity contribution in [1.82, 2.24) is 4.31 Å². The molecule has 30 heavy (non-hydrogen) atoms. The molecule has 0 saturated carbocycles. The monoisotopic (exact) mass is 435 g/mol. The summed E-state index contributed by atoms with van der Waals surface area (Å²) in [6, 6.07) is 8.09. The van der Waals surface area contributed by atoms with E-state index in [1.54, 1.807) is 0 Å². The number of hydrogen-bond acceptors (Lipinski definition) is 7. The second-order valence-corrected chi connectivity index (χ2v) is 8.51. The molecule has 1 N–H and O–H groups in total. The fourth-order valence-corrected chi connectivity index (χ4v) is 4.77. The van der Waals surface area contributed by atoms with Gasteiger partial charge < -0.3 is 14.8 Å². The van der Waals surface area contributed by atoms with Crippen LogP contribution in [0.3, 0.4) is 0 Å². The van der Waals surface area contributed by atoms with Crippen LogP contribution in [0.2, 0.25) is 0 Å². The average molecular weight is 435 g/mol. The van der Waals surface area contributed by atoms with Crippen molar-refractivity contribution >= 4 is 27.3 Å². The van der Waals surface area contributed by atoms with Crippen molar-refractivity contribution in [2.75, 3.05) is 32.6 Å². The number of nitro groups is 1. The number of nitrogens with one attached hydrogen (secondary N) is 1. The molecule has 0 spiro atoms. The Morgan fingerprint density at radius 2 is 1.73 bits per heavy atom. The van der Waals surface area contributed by atoms with E-state index in [1.807, 2.05) is 0 Å². The van der Waals surface area contributed by atoms with Crippen molar-refractivity contribution in [2.24, 2.45) is 0 Å². The first kappa shape index (κ1) is 21.5. The van der Waals surface area contributed by atoms with Crippen molar-refractivity contribution < 1.29 is 27.6 Å². The van der Waals surface area contributed by atoms with Gasteiger partial charge in [-0.1, -0.05) is 6.07 Å². The van der Waals surface area contributed by atoms with Crippen molar-refractivity contribution in [1.29, 1.82) is 0 Å². The van der Waals surface area contributed by atoms with Crippen molar-refractivity contribution in [3.05, 3.63) is 52.1 Å². The third-order valence-electron chi connectivity index (χ3n) is 4.74. The minimum atomic E-state index is -3.67. The average Bonchev–Trinajstić information content (AvgIpc) is 3.28. The van der Waals surface area contributed by atoms with Gasteiger partial charge in [0.2, 0.25) is 10.0 Å². The molecule has 1 heterocycles. The highest BCUT2D eigenvalue weighted by Crippen LogP contribution is 2.35. The lowest BCUT2D eigenvalue weighted by Gasteiger charge is -2.16. The van der Waals surface area contributed by atoms with Crippen LogP contribution < -0.4 is 14.8 Å². The summed E-state index contributed by atoms with van der Waals surface area (Å²) < 4.78 is 37.0. The smallest absolute Gasteiger partial charge is 0.286 e. The van der Waals surface area contributed by atoms with Crippen LogP contribution in [0.5, 0.6) is 11.5 Å². The Kier molecular flexibility index (Phi) is 6.22. The van der Waals surface area contributed by atoms with Crippen LogP contribution in [0.15, 0.2) is 41.3 Å². The van der Waals surface area contributed by atoms with Crippen LogP contribution in [0.25, 0.3) is 0 Å². The number of ether oxygens (including phenoxy) is 2. The van der Waals surface area contributed by atoms with Gasteiger partial charge in [-0.2, -0.15) is 4.31 Å². The Morgan fingerprint density at radius 3 is 2.33 bits per heavy atom. The van der Waals surface area contributed by atoms with Gasteiger partial charge in [-0.3, -0.25) is 14.9 Å². The fraction of sp³-hybridized carbons (Fsp3) is 0.316. The summed E-state index contributed by atoms with van der Waals surface area (Å²) in [6.07, 6.45) is 1.61. The lowest BCUT2D eigenvalue weighted by Crippen LogP contribution is -2.27. The third kappa shape index (κ3) is 4.21. The summed E-state index contributed by atoms with van der Waals surface area (Å²) in [5.41, 5.74) is -0.513. The maximum atomic E-state index is 12.8. The molecule has 0 aromatic heterocycles. The standard InChI is InChI=1S/C19H21N3O7S/c1-28-17-11-15(16(22(24)25)12-18(17)29-2)19(23)20-13-6-5-7-14(10-13)30(26,27)21-8-3-4-9-21/h5-7,10-12H,3-4,8-9H2,1-2H3,(H,20,23). The molecule has 0 bridgehead atoms. The van der Waals surface area contributed by atoms with E-state index in [1.165, 1.54) is 48.9 Å². The van der Waals surface area contributed by atoms with Crippen molar-refractivity contribution in [3.63, 3.8) is 0 Å². The maximum absolute atomic E-state index is 12.8. The van der Waals surface area contributed by atoms with E-state index in [4.69, 9.17) is 9.47 Å². The number of anilines is 1. The number of methoxy groups -OCH3 is 2. The highest BCUT2D eigenvalue weighted by atomic mass is 32.2. The molecule has 1 aliphatic heterocycles. The maximum Gasteiger partial charge on any atom is 0.286 e. The Bertz CT molecular complexity index is 1080. The largest absolute Gasteiger partial charge is 0.493 e. The first-order valence-corrected chi connectivity index (χ1v) is 10.5. The summed E-state index contributed by atoms with van der Waals surface area (Å²) in [6.45, 7) is 0.910. The molecule has 0 aliphatic carbocycles. The Morgan fingerprint density at radius 1 is 1.10 bits per heavy atom. The Hall–Kier alpha value is -3.18.